The minimum atomic E-state index is -5.38. The van der Waals surface area contributed by atoms with Gasteiger partial charge in [-0.2, -0.15) is 0 Å². The van der Waals surface area contributed by atoms with Gasteiger partial charge in [0, 0.05) is 0 Å². The molecule has 0 bridgehead atoms. The fraction of sp³-hybridized carbons (Fsp3) is 0.905. The highest BCUT2D eigenvalue weighted by Gasteiger charge is 2.44. The lowest BCUT2D eigenvalue weighted by molar-refractivity contribution is -0.894. The number of esters is 1. The predicted octanol–water partition coefficient (Wildman–Crippen LogP) is -0.482. The number of phosphoric acid groups is 2. The SMILES string of the molecule is CCCCOC(=O)[C@@H]1OP(=O)([O-])OP(=O)([O-])O[C@H]1C(C)=O.CC[NH+](CC)CC.CC[NH+](CC)CC. The van der Waals surface area contributed by atoms with Gasteiger partial charge in [-0.05, 0) is 54.9 Å². The molecular weight excluding hydrogens is 502 g/mol. The first-order valence-corrected chi connectivity index (χ1v) is 15.2. The average Bonchev–Trinajstić information content (AvgIpc) is 2.89. The molecule has 35 heavy (non-hydrogen) atoms. The van der Waals surface area contributed by atoms with Crippen LogP contribution in [-0.2, 0) is 36.8 Å². The lowest BCUT2D eigenvalue weighted by Crippen LogP contribution is -3.11. The molecule has 0 saturated carbocycles. The summed E-state index contributed by atoms with van der Waals surface area (Å²) in [5.74, 6) is -2.17. The second-order valence-corrected chi connectivity index (χ2v) is 10.6. The number of ether oxygens (including phenoxy) is 1. The van der Waals surface area contributed by atoms with Crippen LogP contribution in [0.2, 0.25) is 0 Å². The van der Waals surface area contributed by atoms with E-state index in [0.29, 0.717) is 12.8 Å². The van der Waals surface area contributed by atoms with Gasteiger partial charge in [0.1, 0.15) is 0 Å². The molecule has 12 nitrogen and oxygen atoms in total. The van der Waals surface area contributed by atoms with Crippen LogP contribution in [0.1, 0.15) is 68.2 Å². The standard InChI is InChI=1S/C9H16O10P2.2C6H15N/c1-3-4-5-16-9(11)8-7(6(2)10)17-20(12,13)19-21(14,15)18-8;2*1-4-7(5-2)6-3/h7-8H,3-5H2,1-2H3,(H,12,13)(H,14,15);2*4-6H2,1-3H3/t7-,8+;;/m0../s1. The summed E-state index contributed by atoms with van der Waals surface area (Å²) in [5, 5.41) is 0. The molecule has 2 unspecified atom stereocenters. The number of carbonyl (C=O) groups is 2. The largest absolute Gasteiger partial charge is 0.756 e. The molecule has 1 rings (SSSR count). The summed E-state index contributed by atoms with van der Waals surface area (Å²) in [6.45, 7) is 23.7. The Balaban J connectivity index is 0. The van der Waals surface area contributed by atoms with E-state index in [1.54, 1.807) is 9.80 Å². The summed E-state index contributed by atoms with van der Waals surface area (Å²) in [7, 11) is -10.7. The molecule has 1 fully saturated rings. The van der Waals surface area contributed by atoms with E-state index < -0.39 is 39.6 Å². The molecule has 0 spiro atoms. The van der Waals surface area contributed by atoms with Crippen LogP contribution in [0, 0.1) is 0 Å². The molecule has 14 heteroatoms. The first-order valence-electron chi connectivity index (χ1n) is 12.3. The maximum atomic E-state index is 11.8. The van der Waals surface area contributed by atoms with Crippen LogP contribution in [0.15, 0.2) is 0 Å². The van der Waals surface area contributed by atoms with Gasteiger partial charge in [0.2, 0.25) is 0 Å². The summed E-state index contributed by atoms with van der Waals surface area (Å²) in [4.78, 5) is 49.1. The van der Waals surface area contributed by atoms with Gasteiger partial charge in [0.25, 0.3) is 15.6 Å². The molecule has 1 heterocycles. The molecule has 1 aliphatic rings. The monoisotopic (exact) mass is 548 g/mol. The number of ketones is 1. The van der Waals surface area contributed by atoms with Gasteiger partial charge < -0.3 is 28.8 Å². The number of hydrogen-bond acceptors (Lipinski definition) is 10. The number of nitrogens with one attached hydrogen (secondary N) is 2. The van der Waals surface area contributed by atoms with Gasteiger partial charge in [-0.1, -0.05) is 13.3 Å². The molecule has 1 aliphatic heterocycles. The number of carbonyl (C=O) groups excluding carboxylic acids is 2. The normalized spacial score (nSPS) is 26.2. The Morgan fingerprint density at radius 1 is 0.771 bits per heavy atom. The van der Waals surface area contributed by atoms with Crippen molar-refractivity contribution in [2.75, 3.05) is 45.9 Å². The topological polar surface area (TPSA) is 160 Å². The summed E-state index contributed by atoms with van der Waals surface area (Å²) in [6.07, 6.45) is -2.88. The van der Waals surface area contributed by atoms with Gasteiger partial charge in [-0.15, -0.1) is 0 Å². The van der Waals surface area contributed by atoms with Gasteiger partial charge in [-0.25, -0.2) is 9.11 Å². The van der Waals surface area contributed by atoms with E-state index in [4.69, 9.17) is 4.74 Å². The minimum Gasteiger partial charge on any atom is -0.756 e. The van der Waals surface area contributed by atoms with Crippen molar-refractivity contribution in [2.45, 2.75) is 80.4 Å². The van der Waals surface area contributed by atoms with Crippen LogP contribution < -0.4 is 19.6 Å². The maximum absolute atomic E-state index is 11.8. The maximum Gasteiger partial charge on any atom is 0.339 e. The van der Waals surface area contributed by atoms with E-state index in [1.165, 1.54) is 39.3 Å². The van der Waals surface area contributed by atoms with Gasteiger partial charge in [0.05, 0.1) is 45.9 Å². The van der Waals surface area contributed by atoms with Crippen molar-refractivity contribution in [2.24, 2.45) is 0 Å². The second kappa shape index (κ2) is 19.4. The number of rotatable bonds is 11. The van der Waals surface area contributed by atoms with Crippen molar-refractivity contribution >= 4 is 27.4 Å². The molecule has 2 N–H and O–H groups in total. The predicted molar refractivity (Wildman–Crippen MR) is 128 cm³/mol. The van der Waals surface area contributed by atoms with Crippen LogP contribution in [0.25, 0.3) is 0 Å². The van der Waals surface area contributed by atoms with E-state index >= 15 is 0 Å². The molecule has 0 aromatic carbocycles. The van der Waals surface area contributed by atoms with Crippen LogP contribution in [-0.4, -0.2) is 69.8 Å². The van der Waals surface area contributed by atoms with Crippen molar-refractivity contribution in [1.29, 1.82) is 0 Å². The lowest BCUT2D eigenvalue weighted by Gasteiger charge is -2.26. The summed E-state index contributed by atoms with van der Waals surface area (Å²) in [5.41, 5.74) is 0. The lowest BCUT2D eigenvalue weighted by atomic mass is 10.1. The third-order valence-corrected chi connectivity index (χ3v) is 7.91. The molecule has 1 saturated heterocycles. The van der Waals surface area contributed by atoms with Crippen LogP contribution in [0.5, 0.6) is 0 Å². The molecule has 0 aromatic rings. The molecule has 210 valence electrons. The molecular formula is C21H46N2O10P2. The van der Waals surface area contributed by atoms with E-state index in [0.717, 1.165) is 6.92 Å². The van der Waals surface area contributed by atoms with E-state index in [9.17, 15) is 28.5 Å². The molecule has 0 radical (unpaired) electrons. The fourth-order valence-electron chi connectivity index (χ4n) is 2.90. The number of hydrogen-bond donors (Lipinski definition) is 2. The van der Waals surface area contributed by atoms with Gasteiger partial charge >= 0.3 is 5.97 Å². The van der Waals surface area contributed by atoms with Crippen molar-refractivity contribution in [3.63, 3.8) is 0 Å². The number of unbranched alkanes of at least 4 members (excludes halogenated alkanes) is 1. The molecule has 0 aromatic heterocycles. The highest BCUT2D eigenvalue weighted by atomic mass is 31.3. The first-order chi connectivity index (χ1) is 16.3. The van der Waals surface area contributed by atoms with E-state index in [1.807, 2.05) is 6.92 Å². The molecule has 4 atom stereocenters. The van der Waals surface area contributed by atoms with Crippen LogP contribution >= 0.6 is 15.6 Å². The minimum absolute atomic E-state index is 0.0428. The fourth-order valence-corrected chi connectivity index (χ4v) is 5.20. The summed E-state index contributed by atoms with van der Waals surface area (Å²) < 4.78 is 39.5. The summed E-state index contributed by atoms with van der Waals surface area (Å²) >= 11 is 0. The van der Waals surface area contributed by atoms with Crippen molar-refractivity contribution in [1.82, 2.24) is 0 Å². The quantitative estimate of drug-likeness (QED) is 0.196. The van der Waals surface area contributed by atoms with Crippen molar-refractivity contribution < 1.29 is 56.4 Å². The van der Waals surface area contributed by atoms with E-state index in [-0.39, 0.29) is 6.61 Å². The molecule has 0 aliphatic carbocycles. The Kier molecular flexibility index (Phi) is 20.3. The smallest absolute Gasteiger partial charge is 0.339 e. The highest BCUT2D eigenvalue weighted by molar-refractivity contribution is 7.59. The van der Waals surface area contributed by atoms with Crippen LogP contribution in [0.4, 0.5) is 0 Å². The van der Waals surface area contributed by atoms with Crippen molar-refractivity contribution in [3.8, 4) is 0 Å². The zero-order valence-electron chi connectivity index (χ0n) is 22.5. The zero-order valence-corrected chi connectivity index (χ0v) is 24.3. The zero-order chi connectivity index (χ0) is 27.7. The average molecular weight is 549 g/mol. The summed E-state index contributed by atoms with van der Waals surface area (Å²) in [6, 6.07) is 0. The van der Waals surface area contributed by atoms with Gasteiger partial charge in [-0.3, -0.25) is 18.4 Å². The Bertz CT molecular complexity index is 664. The highest BCUT2D eigenvalue weighted by Crippen LogP contribution is 2.59. The van der Waals surface area contributed by atoms with Gasteiger partial charge in [0.15, 0.2) is 18.0 Å². The number of phosphoric ester groups is 2. The molecule has 0 amide bonds. The Labute approximate surface area is 210 Å². The number of Topliss-reactive ketones (excluding diaryl/α,β-unsaturated/α-hetero) is 1. The van der Waals surface area contributed by atoms with Crippen molar-refractivity contribution in [3.05, 3.63) is 0 Å². The Hall–Kier alpha value is -0.680. The Morgan fingerprint density at radius 3 is 1.43 bits per heavy atom. The Morgan fingerprint density at radius 2 is 1.14 bits per heavy atom. The van der Waals surface area contributed by atoms with Crippen LogP contribution in [0.3, 0.4) is 0 Å². The third kappa shape index (κ3) is 16.6. The first kappa shape index (κ1) is 36.5. The second-order valence-electron chi connectivity index (χ2n) is 7.78. The van der Waals surface area contributed by atoms with E-state index in [2.05, 4.69) is 54.9 Å². The number of quaternary nitrogens is 2. The third-order valence-electron chi connectivity index (χ3n) is 5.34.